The van der Waals surface area contributed by atoms with E-state index < -0.39 is 10.0 Å². The molecule has 0 aliphatic rings. The minimum atomic E-state index is -3.64. The summed E-state index contributed by atoms with van der Waals surface area (Å²) in [6.45, 7) is 0.111. The van der Waals surface area contributed by atoms with Gasteiger partial charge in [-0.25, -0.2) is 18.1 Å². The Morgan fingerprint density at radius 1 is 1.50 bits per heavy atom. The van der Waals surface area contributed by atoms with E-state index >= 15 is 0 Å². The number of hydrogen-bond acceptors (Lipinski definition) is 4. The first-order valence-electron chi connectivity index (χ1n) is 5.79. The Morgan fingerprint density at radius 2 is 2.25 bits per heavy atom. The van der Waals surface area contributed by atoms with E-state index in [1.165, 1.54) is 12.5 Å². The number of imidazole rings is 1. The molecular weight excluding hydrogens is 278 g/mol. The fourth-order valence-electron chi connectivity index (χ4n) is 1.63. The molecule has 1 aromatic heterocycles. The van der Waals surface area contributed by atoms with Gasteiger partial charge in [0.15, 0.2) is 5.03 Å². The first-order valence-corrected chi connectivity index (χ1v) is 7.28. The van der Waals surface area contributed by atoms with E-state index in [0.29, 0.717) is 5.56 Å². The number of benzene rings is 1. The molecule has 0 spiro atoms. The van der Waals surface area contributed by atoms with Gasteiger partial charge in [-0.3, -0.25) is 5.41 Å². The number of aryl methyl sites for hydroxylation is 1. The Bertz CT molecular complexity index is 736. The first-order chi connectivity index (χ1) is 9.38. The van der Waals surface area contributed by atoms with Crippen LogP contribution in [0.4, 0.5) is 0 Å². The Kier molecular flexibility index (Phi) is 3.86. The molecule has 0 amide bonds. The minimum Gasteiger partial charge on any atom is -0.384 e. The van der Waals surface area contributed by atoms with E-state index in [0.717, 1.165) is 5.56 Å². The molecule has 106 valence electrons. The summed E-state index contributed by atoms with van der Waals surface area (Å²) in [5.74, 6) is -0.0561. The Balaban J connectivity index is 2.12. The lowest BCUT2D eigenvalue weighted by Crippen LogP contribution is -2.23. The van der Waals surface area contributed by atoms with Gasteiger partial charge in [0.2, 0.25) is 0 Å². The fraction of sp³-hybridized carbons (Fsp3) is 0.167. The van der Waals surface area contributed by atoms with Crippen molar-refractivity contribution in [2.75, 3.05) is 0 Å². The van der Waals surface area contributed by atoms with Crippen molar-refractivity contribution < 1.29 is 8.42 Å². The lowest BCUT2D eigenvalue weighted by Gasteiger charge is -2.06. The summed E-state index contributed by atoms with van der Waals surface area (Å²) in [4.78, 5) is 3.80. The van der Waals surface area contributed by atoms with E-state index in [-0.39, 0.29) is 17.4 Å². The van der Waals surface area contributed by atoms with Gasteiger partial charge in [0.05, 0.1) is 6.33 Å². The van der Waals surface area contributed by atoms with Crippen LogP contribution >= 0.6 is 0 Å². The number of hydrogen-bond donors (Lipinski definition) is 3. The number of rotatable bonds is 5. The van der Waals surface area contributed by atoms with Gasteiger partial charge in [-0.15, -0.1) is 0 Å². The molecule has 0 aliphatic carbocycles. The third-order valence-corrected chi connectivity index (χ3v) is 3.95. The van der Waals surface area contributed by atoms with Gasteiger partial charge in [0.1, 0.15) is 5.84 Å². The fourth-order valence-corrected chi connectivity index (χ4v) is 2.62. The number of aromatic nitrogens is 2. The molecule has 0 radical (unpaired) electrons. The normalized spacial score (nSPS) is 11.4. The van der Waals surface area contributed by atoms with Crippen LogP contribution in [-0.2, 0) is 23.6 Å². The van der Waals surface area contributed by atoms with Gasteiger partial charge in [0, 0.05) is 25.4 Å². The Hall–Kier alpha value is -2.19. The maximum absolute atomic E-state index is 12.0. The van der Waals surface area contributed by atoms with Gasteiger partial charge in [0.25, 0.3) is 10.0 Å². The number of nitrogen functional groups attached to an aromatic ring is 1. The van der Waals surface area contributed by atoms with Crippen molar-refractivity contribution in [1.29, 1.82) is 5.41 Å². The lowest BCUT2D eigenvalue weighted by molar-refractivity contribution is 0.578. The van der Waals surface area contributed by atoms with Crippen molar-refractivity contribution >= 4 is 15.9 Å². The van der Waals surface area contributed by atoms with E-state index in [1.54, 1.807) is 35.9 Å². The molecule has 0 atom stereocenters. The second-order valence-corrected chi connectivity index (χ2v) is 6.03. The second kappa shape index (κ2) is 5.43. The van der Waals surface area contributed by atoms with Crippen molar-refractivity contribution in [2.45, 2.75) is 11.6 Å². The topological polar surface area (TPSA) is 114 Å². The number of nitrogens with two attached hydrogens (primary N) is 1. The van der Waals surface area contributed by atoms with Crippen LogP contribution < -0.4 is 10.5 Å². The maximum Gasteiger partial charge on any atom is 0.259 e. The predicted octanol–water partition coefficient (Wildman–Crippen LogP) is 0.183. The average molecular weight is 293 g/mol. The summed E-state index contributed by atoms with van der Waals surface area (Å²) in [6, 6.07) is 6.84. The molecule has 2 aromatic rings. The molecule has 0 bridgehead atoms. The zero-order valence-electron chi connectivity index (χ0n) is 10.9. The molecular formula is C12H15N5O2S. The summed E-state index contributed by atoms with van der Waals surface area (Å²) in [6.07, 6.45) is 2.85. The number of sulfonamides is 1. The zero-order valence-corrected chi connectivity index (χ0v) is 11.7. The lowest BCUT2D eigenvalue weighted by atomic mass is 10.1. The Morgan fingerprint density at radius 3 is 2.85 bits per heavy atom. The summed E-state index contributed by atoms with van der Waals surface area (Å²) in [7, 11) is -1.94. The van der Waals surface area contributed by atoms with Gasteiger partial charge in [-0.2, -0.15) is 0 Å². The number of nitrogens with zero attached hydrogens (tertiary/aromatic N) is 2. The molecule has 1 heterocycles. The third-order valence-electron chi connectivity index (χ3n) is 2.66. The minimum absolute atomic E-state index is 0.0253. The highest BCUT2D eigenvalue weighted by Crippen LogP contribution is 2.08. The largest absolute Gasteiger partial charge is 0.384 e. The van der Waals surface area contributed by atoms with Crippen molar-refractivity contribution in [1.82, 2.24) is 14.3 Å². The second-order valence-electron chi connectivity index (χ2n) is 4.32. The van der Waals surface area contributed by atoms with E-state index in [1.807, 2.05) is 0 Å². The molecule has 1 aromatic carbocycles. The average Bonchev–Trinajstić information content (AvgIpc) is 2.84. The highest BCUT2D eigenvalue weighted by atomic mass is 32.2. The van der Waals surface area contributed by atoms with Crippen LogP contribution in [0.25, 0.3) is 0 Å². The molecule has 7 nitrogen and oxygen atoms in total. The molecule has 8 heteroatoms. The quantitative estimate of drug-likeness (QED) is 0.539. The summed E-state index contributed by atoms with van der Waals surface area (Å²) in [5, 5.41) is 7.33. The SMILES string of the molecule is Cn1cnc(S(=O)(=O)NCc2cccc(C(=N)N)c2)c1. The standard InChI is InChI=1S/C12H15N5O2S/c1-17-7-11(15-8-17)20(18,19)16-6-9-3-2-4-10(5-9)12(13)14/h2-5,7-8,16H,6H2,1H3,(H3,13,14). The van der Waals surface area contributed by atoms with E-state index in [4.69, 9.17) is 11.1 Å². The highest BCUT2D eigenvalue weighted by molar-refractivity contribution is 7.89. The van der Waals surface area contributed by atoms with Gasteiger partial charge < -0.3 is 10.3 Å². The Labute approximate surface area is 117 Å². The first kappa shape index (κ1) is 14.2. The highest BCUT2D eigenvalue weighted by Gasteiger charge is 2.16. The summed E-state index contributed by atoms with van der Waals surface area (Å²) in [5.41, 5.74) is 6.67. The van der Waals surface area contributed by atoms with Crippen LogP contribution in [0.3, 0.4) is 0 Å². The summed E-state index contributed by atoms with van der Waals surface area (Å²) >= 11 is 0. The van der Waals surface area contributed by atoms with Gasteiger partial charge in [-0.05, 0) is 11.6 Å². The van der Waals surface area contributed by atoms with Crippen LogP contribution in [0.2, 0.25) is 0 Å². The van der Waals surface area contributed by atoms with Crippen LogP contribution in [0, 0.1) is 5.41 Å². The van der Waals surface area contributed by atoms with Gasteiger partial charge >= 0.3 is 0 Å². The maximum atomic E-state index is 12.0. The molecule has 20 heavy (non-hydrogen) atoms. The van der Waals surface area contributed by atoms with Gasteiger partial charge in [-0.1, -0.05) is 18.2 Å². The zero-order chi connectivity index (χ0) is 14.8. The monoisotopic (exact) mass is 293 g/mol. The van der Waals surface area contributed by atoms with E-state index in [2.05, 4.69) is 9.71 Å². The predicted molar refractivity (Wildman–Crippen MR) is 74.7 cm³/mol. The smallest absolute Gasteiger partial charge is 0.259 e. The van der Waals surface area contributed by atoms with Crippen molar-refractivity contribution in [2.24, 2.45) is 12.8 Å². The molecule has 0 saturated carbocycles. The van der Waals surface area contributed by atoms with Crippen LogP contribution in [0.1, 0.15) is 11.1 Å². The van der Waals surface area contributed by atoms with Crippen molar-refractivity contribution in [3.05, 3.63) is 47.9 Å². The molecule has 0 aliphatic heterocycles. The summed E-state index contributed by atoms with van der Waals surface area (Å²) < 4.78 is 28.0. The molecule has 2 rings (SSSR count). The number of nitrogens with one attached hydrogen (secondary N) is 2. The molecule has 0 saturated heterocycles. The third kappa shape index (κ3) is 3.22. The molecule has 0 fully saturated rings. The number of amidine groups is 1. The van der Waals surface area contributed by atoms with Crippen LogP contribution in [0.5, 0.6) is 0 Å². The van der Waals surface area contributed by atoms with Crippen molar-refractivity contribution in [3.8, 4) is 0 Å². The van der Waals surface area contributed by atoms with Crippen LogP contribution in [0.15, 0.2) is 41.8 Å². The molecule has 0 unspecified atom stereocenters. The van der Waals surface area contributed by atoms with Crippen LogP contribution in [-0.4, -0.2) is 23.8 Å². The van der Waals surface area contributed by atoms with Crippen molar-refractivity contribution in [3.63, 3.8) is 0 Å². The van der Waals surface area contributed by atoms with E-state index in [9.17, 15) is 8.42 Å². The molecule has 4 N–H and O–H groups in total.